The van der Waals surface area contributed by atoms with E-state index in [4.69, 9.17) is 51.1 Å². The van der Waals surface area contributed by atoms with E-state index < -0.39 is 60.8 Å². The van der Waals surface area contributed by atoms with E-state index in [1.165, 1.54) is 0 Å². The molecule has 10 N–H and O–H groups in total. The Bertz CT molecular complexity index is 425. The molecule has 0 amide bonds. The highest BCUT2D eigenvalue weighted by Gasteiger charge is 2.34. The molecule has 0 aliphatic heterocycles. The first-order chi connectivity index (χ1) is 11.8. The number of aliphatic hydroxyl groups is 8. The quantitative estimate of drug-likeness (QED) is 0.156. The summed E-state index contributed by atoms with van der Waals surface area (Å²) in [5, 5.41) is 86.4. The lowest BCUT2D eigenvalue weighted by atomic mass is 10.0. The SMILES string of the molecule is O=C[C@@H](O)[C@@H](O)[C@H](O)[C@H](O)C(=O)O.O=C[C@@H](O)[C@@H](O)[C@H](O)[C@H](O)C(=O)O. The molecule has 0 fully saturated rings. The Kier molecular flexibility index (Phi) is 12.4. The van der Waals surface area contributed by atoms with E-state index in [1.807, 2.05) is 0 Å². The summed E-state index contributed by atoms with van der Waals surface area (Å²) in [7, 11) is 0. The molecule has 8 atom stereocenters. The minimum atomic E-state index is -2.25. The van der Waals surface area contributed by atoms with E-state index in [2.05, 4.69) is 0 Å². The molecule has 14 nitrogen and oxygen atoms in total. The van der Waals surface area contributed by atoms with Crippen LogP contribution in [-0.2, 0) is 19.2 Å². The van der Waals surface area contributed by atoms with Crippen LogP contribution in [0, 0.1) is 0 Å². The second-order valence-corrected chi connectivity index (χ2v) is 4.78. The van der Waals surface area contributed by atoms with Crippen molar-refractivity contribution >= 4 is 24.5 Å². The van der Waals surface area contributed by atoms with Crippen LogP contribution in [0.1, 0.15) is 0 Å². The predicted octanol–water partition coefficient (Wildman–Crippen LogP) is -6.57. The normalized spacial score (nSPS) is 20.0. The van der Waals surface area contributed by atoms with Gasteiger partial charge in [0.2, 0.25) is 0 Å². The Hall–Kier alpha value is -2.04. The molecule has 0 bridgehead atoms. The molecule has 14 heteroatoms. The maximum Gasteiger partial charge on any atom is 0.335 e. The standard InChI is InChI=1S/2C6H10O7/c2*7-1-2(8)3(9)4(10)5(11)6(12)13/h2*1-5,8-11H,(H,12,13)/t2*2-,3-,4+,5+/m11/s1. The summed E-state index contributed by atoms with van der Waals surface area (Å²) < 4.78 is 0. The third-order valence-corrected chi connectivity index (χ3v) is 2.83. The molecule has 0 saturated carbocycles. The minimum Gasteiger partial charge on any atom is -0.479 e. The first kappa shape index (κ1) is 26.2. The van der Waals surface area contributed by atoms with E-state index in [-0.39, 0.29) is 12.6 Å². The maximum atomic E-state index is 10.1. The molecule has 0 aromatic heterocycles. The highest BCUT2D eigenvalue weighted by atomic mass is 16.4. The van der Waals surface area contributed by atoms with Crippen molar-refractivity contribution in [3.63, 3.8) is 0 Å². The fraction of sp³-hybridized carbons (Fsp3) is 0.667. The summed E-state index contributed by atoms with van der Waals surface area (Å²) in [6, 6.07) is 0. The second-order valence-electron chi connectivity index (χ2n) is 4.78. The van der Waals surface area contributed by atoms with Gasteiger partial charge in [0, 0.05) is 0 Å². The summed E-state index contributed by atoms with van der Waals surface area (Å²) in [6.45, 7) is 0. The number of aliphatic carboxylic acids is 2. The van der Waals surface area contributed by atoms with Gasteiger partial charge in [0.15, 0.2) is 24.8 Å². The third-order valence-electron chi connectivity index (χ3n) is 2.83. The zero-order valence-corrected chi connectivity index (χ0v) is 12.9. The molecule has 0 aromatic rings. The van der Waals surface area contributed by atoms with Crippen molar-refractivity contribution in [2.45, 2.75) is 48.8 Å². The summed E-state index contributed by atoms with van der Waals surface area (Å²) >= 11 is 0. The van der Waals surface area contributed by atoms with Gasteiger partial charge >= 0.3 is 11.9 Å². The van der Waals surface area contributed by atoms with Crippen molar-refractivity contribution in [2.75, 3.05) is 0 Å². The molecule has 0 unspecified atom stereocenters. The molecule has 0 aliphatic carbocycles. The molecule has 0 saturated heterocycles. The van der Waals surface area contributed by atoms with Crippen LogP contribution in [0.2, 0.25) is 0 Å². The number of carboxylic acids is 2. The van der Waals surface area contributed by atoms with Crippen LogP contribution in [-0.4, -0.2) is 124 Å². The number of rotatable bonds is 10. The van der Waals surface area contributed by atoms with E-state index in [0.29, 0.717) is 0 Å². The number of hydrogen-bond acceptors (Lipinski definition) is 12. The Morgan fingerprint density at radius 1 is 0.538 bits per heavy atom. The zero-order chi connectivity index (χ0) is 21.2. The molecular formula is C12H20O14. The molecule has 0 radical (unpaired) electrons. The number of aldehydes is 2. The number of hydrogen-bond donors (Lipinski definition) is 10. The van der Waals surface area contributed by atoms with Gasteiger partial charge in [0.25, 0.3) is 0 Å². The average Bonchev–Trinajstić information content (AvgIpc) is 2.62. The topological polar surface area (TPSA) is 271 Å². The van der Waals surface area contributed by atoms with Gasteiger partial charge in [0.1, 0.15) is 36.6 Å². The van der Waals surface area contributed by atoms with Crippen molar-refractivity contribution in [1.82, 2.24) is 0 Å². The number of carbonyl (C=O) groups excluding carboxylic acids is 2. The Morgan fingerprint density at radius 3 is 0.923 bits per heavy atom. The van der Waals surface area contributed by atoms with E-state index in [1.54, 1.807) is 0 Å². The van der Waals surface area contributed by atoms with Crippen LogP contribution < -0.4 is 0 Å². The second kappa shape index (κ2) is 12.3. The monoisotopic (exact) mass is 388 g/mol. The Balaban J connectivity index is 0. The first-order valence-electron chi connectivity index (χ1n) is 6.64. The van der Waals surface area contributed by atoms with Gasteiger partial charge in [-0.25, -0.2) is 9.59 Å². The van der Waals surface area contributed by atoms with Gasteiger partial charge in [-0.15, -0.1) is 0 Å². The van der Waals surface area contributed by atoms with Gasteiger partial charge in [-0.2, -0.15) is 0 Å². The highest BCUT2D eigenvalue weighted by Crippen LogP contribution is 2.04. The largest absolute Gasteiger partial charge is 0.479 e. The smallest absolute Gasteiger partial charge is 0.335 e. The van der Waals surface area contributed by atoms with Crippen LogP contribution in [0.25, 0.3) is 0 Å². The molecule has 0 heterocycles. The number of aliphatic hydroxyl groups excluding tert-OH is 8. The molecule has 26 heavy (non-hydrogen) atoms. The molecule has 0 aromatic carbocycles. The third kappa shape index (κ3) is 8.37. The van der Waals surface area contributed by atoms with Gasteiger partial charge in [-0.05, 0) is 0 Å². The maximum absolute atomic E-state index is 10.1. The first-order valence-corrected chi connectivity index (χ1v) is 6.64. The van der Waals surface area contributed by atoms with E-state index in [9.17, 15) is 19.2 Å². The molecule has 152 valence electrons. The van der Waals surface area contributed by atoms with Gasteiger partial charge in [0.05, 0.1) is 0 Å². The summed E-state index contributed by atoms with van der Waals surface area (Å²) in [4.78, 5) is 39.9. The lowest BCUT2D eigenvalue weighted by molar-refractivity contribution is -0.164. The van der Waals surface area contributed by atoms with E-state index in [0.717, 1.165) is 0 Å². The van der Waals surface area contributed by atoms with Crippen molar-refractivity contribution in [1.29, 1.82) is 0 Å². The van der Waals surface area contributed by atoms with Gasteiger partial charge in [-0.1, -0.05) is 0 Å². The minimum absolute atomic E-state index is 0.0809. The highest BCUT2D eigenvalue weighted by molar-refractivity contribution is 5.73. The van der Waals surface area contributed by atoms with E-state index >= 15 is 0 Å². The van der Waals surface area contributed by atoms with Crippen molar-refractivity contribution in [3.05, 3.63) is 0 Å². The molecular weight excluding hydrogens is 368 g/mol. The lowest BCUT2D eigenvalue weighted by Gasteiger charge is -2.21. The lowest BCUT2D eigenvalue weighted by Crippen LogP contribution is -2.48. The fourth-order valence-electron chi connectivity index (χ4n) is 1.23. The average molecular weight is 388 g/mol. The predicted molar refractivity (Wildman–Crippen MR) is 75.5 cm³/mol. The Labute approximate surface area is 144 Å². The Morgan fingerprint density at radius 2 is 0.769 bits per heavy atom. The molecule has 0 spiro atoms. The summed E-state index contributed by atoms with van der Waals surface area (Å²) in [6.07, 6.45) is -16.8. The van der Waals surface area contributed by atoms with Crippen molar-refractivity contribution < 1.29 is 70.2 Å². The molecule has 0 aliphatic rings. The zero-order valence-electron chi connectivity index (χ0n) is 12.9. The van der Waals surface area contributed by atoms with Crippen molar-refractivity contribution in [3.8, 4) is 0 Å². The van der Waals surface area contributed by atoms with Gasteiger partial charge < -0.3 is 60.7 Å². The number of carbonyl (C=O) groups is 4. The number of carboxylic acid groups (broad SMARTS) is 2. The summed E-state index contributed by atoms with van der Waals surface area (Å²) in [5.74, 6) is -3.52. The van der Waals surface area contributed by atoms with Crippen molar-refractivity contribution in [2.24, 2.45) is 0 Å². The fourth-order valence-corrected chi connectivity index (χ4v) is 1.23. The molecule has 0 rings (SSSR count). The van der Waals surface area contributed by atoms with Crippen LogP contribution in [0.5, 0.6) is 0 Å². The van der Waals surface area contributed by atoms with Crippen LogP contribution in [0.15, 0.2) is 0 Å². The van der Waals surface area contributed by atoms with Gasteiger partial charge in [-0.3, -0.25) is 0 Å². The van der Waals surface area contributed by atoms with Crippen LogP contribution >= 0.6 is 0 Å². The van der Waals surface area contributed by atoms with Crippen LogP contribution in [0.3, 0.4) is 0 Å². The van der Waals surface area contributed by atoms with Crippen LogP contribution in [0.4, 0.5) is 0 Å². The summed E-state index contributed by atoms with van der Waals surface area (Å²) in [5.41, 5.74) is 0.